The highest BCUT2D eigenvalue weighted by atomic mass is 31.1. The van der Waals surface area contributed by atoms with E-state index in [0.717, 1.165) is 44.5 Å². The van der Waals surface area contributed by atoms with Crippen LogP contribution in [0.25, 0.3) is 61.1 Å². The van der Waals surface area contributed by atoms with Crippen molar-refractivity contribution in [3.05, 3.63) is 505 Å². The van der Waals surface area contributed by atoms with Crippen LogP contribution in [0.1, 0.15) is 69.8 Å². The van der Waals surface area contributed by atoms with Crippen molar-refractivity contribution in [3.8, 4) is 11.1 Å². The average molecular weight is 1790 g/mol. The number of carbonyl (C=O) groups is 2. The van der Waals surface area contributed by atoms with Crippen LogP contribution in [0.3, 0.4) is 0 Å². The van der Waals surface area contributed by atoms with Gasteiger partial charge in [-0.3, -0.25) is 4.79 Å². The second-order valence-electron chi connectivity index (χ2n) is 31.4. The molecule has 0 bridgehead atoms. The number of ether oxygens (including phenoxy) is 2. The van der Waals surface area contributed by atoms with Crippen molar-refractivity contribution in [2.45, 2.75) is 30.8 Å². The number of fused-ring (bicyclic) bond motifs is 4. The number of nitrogens with one attached hydrogen (secondary N) is 2. The molecule has 0 aliphatic carbocycles. The van der Waals surface area contributed by atoms with Gasteiger partial charge in [0.25, 0.3) is 0 Å². The van der Waals surface area contributed by atoms with Gasteiger partial charge >= 0.3 is 19.1 Å². The van der Waals surface area contributed by atoms with Crippen LogP contribution in [0.15, 0.2) is 455 Å². The lowest BCUT2D eigenvalue weighted by atomic mass is 9.77. The van der Waals surface area contributed by atoms with Gasteiger partial charge in [0, 0.05) is 31.7 Å². The van der Waals surface area contributed by atoms with Crippen molar-refractivity contribution >= 4 is 134 Å². The second-order valence-corrected chi connectivity index (χ2v) is 35.8. The molecule has 0 fully saturated rings. The van der Waals surface area contributed by atoms with E-state index in [1.807, 2.05) is 174 Å². The molecule has 16 aromatic carbocycles. The van der Waals surface area contributed by atoms with Gasteiger partial charge in [-0.1, -0.05) is 455 Å². The van der Waals surface area contributed by atoms with Gasteiger partial charge in [0.15, 0.2) is 11.3 Å². The smallest absolute Gasteiger partial charge is 0.469 e. The zero-order valence-electron chi connectivity index (χ0n) is 73.7. The highest BCUT2D eigenvalue weighted by molar-refractivity contribution is 7.81. The van der Waals surface area contributed by atoms with E-state index in [0.29, 0.717) is 45.0 Å². The normalized spacial score (nSPS) is 11.5. The highest BCUT2D eigenvalue weighted by Crippen LogP contribution is 2.49. The molecule has 20 rings (SSSR count). The monoisotopic (exact) mass is 1790 g/mol. The molecular weight excluding hydrogens is 1690 g/mol. The Hall–Kier alpha value is -15.7. The van der Waals surface area contributed by atoms with Gasteiger partial charge in [0.05, 0.1) is 20.6 Å². The van der Waals surface area contributed by atoms with Gasteiger partial charge in [0.2, 0.25) is 0 Å². The minimum Gasteiger partial charge on any atom is -0.469 e. The van der Waals surface area contributed by atoms with E-state index in [2.05, 4.69) is 283 Å². The lowest BCUT2D eigenvalue weighted by Gasteiger charge is -2.36. The fourth-order valence-corrected chi connectivity index (χ4v) is 22.5. The molecule has 134 heavy (non-hydrogen) atoms. The maximum absolute atomic E-state index is 12.7. The molecule has 658 valence electrons. The summed E-state index contributed by atoms with van der Waals surface area (Å²) < 4.78 is 13.7. The molecular formula is C115H99BN10O6P2. The zero-order chi connectivity index (χ0) is 91.3. The summed E-state index contributed by atoms with van der Waals surface area (Å²) in [6.45, 7) is 0. The van der Waals surface area contributed by atoms with Gasteiger partial charge < -0.3 is 30.2 Å². The van der Waals surface area contributed by atoms with Crippen molar-refractivity contribution in [1.82, 2.24) is 40.0 Å². The van der Waals surface area contributed by atoms with E-state index in [9.17, 15) is 9.59 Å². The molecule has 0 spiro atoms. The summed E-state index contributed by atoms with van der Waals surface area (Å²) in [6, 6.07) is 156. The molecule has 4 N–H and O–H groups in total. The summed E-state index contributed by atoms with van der Waals surface area (Å²) in [7, 11) is 3.35. The Bertz CT molecular complexity index is 6870. The lowest BCUT2D eigenvalue weighted by Crippen LogP contribution is -2.39. The first kappa shape index (κ1) is 91.6. The van der Waals surface area contributed by atoms with Crippen molar-refractivity contribution in [2.75, 3.05) is 38.9 Å². The largest absolute Gasteiger partial charge is 0.488 e. The summed E-state index contributed by atoms with van der Waals surface area (Å²) in [5, 5.41) is 55.8. The molecule has 4 heterocycles. The van der Waals surface area contributed by atoms with Gasteiger partial charge in [-0.05, 0) is 149 Å². The van der Waals surface area contributed by atoms with Crippen molar-refractivity contribution in [2.24, 2.45) is 0 Å². The number of esters is 2. The third-order valence-electron chi connectivity index (χ3n) is 23.7. The standard InChI is InChI=1S/C44H32P2.C35H31N5O2.C29H25N5O2.C6H7BO2.CH4/c1-5-19-35(20-6-1)45(36-21-7-2-8-22-36)41-31-29-33-17-13-15-27-39(33)43(41)44-40-28-16-14-18-34(40)30-32-42(44)46(37-23-9-3-10-24-37)38-25-11-4-12-26-38;1-36-31-23-30(29(24-32(41)42-2)25-15-7-3-8-16-25)33-34(37-31)40(39-38-33)35(26-17-9-4-10-18-26,27-19-11-5-12-20-27)28-21-13-6-14-22-28;1-30-25-20-21(18-19-26(35)36-2)27-28(31-25)34(33-32-27)29(22-12-6-3-7-13-22,23-14-8-4-9-15-23)24-16-10-5-11-17-24;8-7(9)6-4-2-1-3-5-6;/h1-32H;3-23,29H,24H2,1-2H3,(H,36,37);3-20H,1-2H3,(H,30,31);1-5,8-9H;1H4/b;;19-18+;;/t;29-;;;/m.1.../s1. The Labute approximate surface area is 783 Å². The number of carbonyl (C=O) groups excluding carboxylic acids is 2. The molecule has 0 unspecified atom stereocenters. The third kappa shape index (κ3) is 19.3. The van der Waals surface area contributed by atoms with Crippen molar-refractivity contribution in [1.29, 1.82) is 0 Å². The minimum absolute atomic E-state index is 0. The van der Waals surface area contributed by atoms with Crippen LogP contribution < -0.4 is 47.9 Å². The Morgan fingerprint density at radius 1 is 0.388 bits per heavy atom. The van der Waals surface area contributed by atoms with Crippen LogP contribution in [0, 0.1) is 0 Å². The predicted molar refractivity (Wildman–Crippen MR) is 552 cm³/mol. The number of benzene rings is 16. The van der Waals surface area contributed by atoms with E-state index >= 15 is 0 Å². The van der Waals surface area contributed by atoms with E-state index in [1.165, 1.54) is 84.8 Å². The zero-order valence-corrected chi connectivity index (χ0v) is 75.5. The Morgan fingerprint density at radius 3 is 1.04 bits per heavy atom. The number of anilines is 2. The molecule has 0 saturated carbocycles. The number of hydrogen-bond acceptors (Lipinski definition) is 14. The Morgan fingerprint density at radius 2 is 0.701 bits per heavy atom. The Kier molecular flexibility index (Phi) is 29.6. The number of nitrogens with zero attached hydrogens (tertiary/aromatic N) is 8. The van der Waals surface area contributed by atoms with E-state index in [-0.39, 0.29) is 25.7 Å². The van der Waals surface area contributed by atoms with Crippen LogP contribution in [-0.2, 0) is 30.1 Å². The summed E-state index contributed by atoms with van der Waals surface area (Å²) in [4.78, 5) is 34.4. The molecule has 16 nitrogen and oxygen atoms in total. The molecule has 20 aromatic rings. The first-order valence-corrected chi connectivity index (χ1v) is 46.6. The lowest BCUT2D eigenvalue weighted by molar-refractivity contribution is -0.141. The second kappa shape index (κ2) is 43.3. The maximum Gasteiger partial charge on any atom is 0.488 e. The predicted octanol–water partition coefficient (Wildman–Crippen LogP) is 20.5. The molecule has 0 saturated heterocycles. The molecule has 0 aliphatic rings. The topological polar surface area (TPSA) is 204 Å². The highest BCUT2D eigenvalue weighted by Gasteiger charge is 2.44. The van der Waals surface area contributed by atoms with Gasteiger partial charge in [0.1, 0.15) is 33.7 Å². The van der Waals surface area contributed by atoms with Gasteiger partial charge in [-0.25, -0.2) is 24.1 Å². The molecule has 4 aromatic heterocycles. The fraction of sp³-hybridized carbons (Fsp3) is 0.0783. The van der Waals surface area contributed by atoms with E-state index in [1.54, 1.807) is 37.4 Å². The van der Waals surface area contributed by atoms with Crippen LogP contribution in [-0.4, -0.2) is 97.4 Å². The van der Waals surface area contributed by atoms with Crippen LogP contribution in [0.4, 0.5) is 11.6 Å². The summed E-state index contributed by atoms with van der Waals surface area (Å²) in [5.41, 5.74) is 12.4. The third-order valence-corrected chi connectivity index (χ3v) is 28.6. The molecule has 0 amide bonds. The first-order chi connectivity index (χ1) is 65.5. The molecule has 0 radical (unpaired) electrons. The molecule has 19 heteroatoms. The minimum atomic E-state index is -1.34. The number of pyridine rings is 2. The number of methoxy groups -OCH3 is 2. The van der Waals surface area contributed by atoms with Crippen LogP contribution >= 0.6 is 15.8 Å². The fourth-order valence-electron chi connectivity index (χ4n) is 17.5. The number of hydrogen-bond donors (Lipinski definition) is 4. The summed E-state index contributed by atoms with van der Waals surface area (Å²) in [6.07, 6.45) is 3.19. The van der Waals surface area contributed by atoms with E-state index in [4.69, 9.17) is 45.0 Å². The number of rotatable bonds is 24. The molecule has 0 aliphatic heterocycles. The quantitative estimate of drug-likeness (QED) is 0.0146. The van der Waals surface area contributed by atoms with Crippen molar-refractivity contribution < 1.29 is 29.1 Å². The van der Waals surface area contributed by atoms with E-state index < -0.39 is 40.0 Å². The average Bonchev–Trinajstić information content (AvgIpc) is 1.51. The summed E-state index contributed by atoms with van der Waals surface area (Å²) in [5.74, 6) is 0.194. The van der Waals surface area contributed by atoms with Gasteiger partial charge in [-0.15, -0.1) is 10.2 Å². The SMILES string of the molecule is C.CNc1cc(/C=C/C(=O)OC)c2nnn(C(c3ccccc3)(c3ccccc3)c3ccccc3)c2n1.CNc1cc([C@H](CC(=O)OC)c2ccccc2)c2nnn(C(c3ccccc3)(c3ccccc3)c3ccccc3)c2n1.OB(O)c1ccccc1.c1ccc(P(c2ccccc2)c2ccc3ccccc3c2-c2c(P(c3ccccc3)c3ccccc3)ccc3ccccc23)cc1. The summed E-state index contributed by atoms with van der Waals surface area (Å²) >= 11 is 0. The van der Waals surface area contributed by atoms with Gasteiger partial charge in [-0.2, -0.15) is 0 Å². The van der Waals surface area contributed by atoms with Crippen LogP contribution in [0.5, 0.6) is 0 Å². The number of aromatic nitrogens is 8. The maximum atomic E-state index is 12.7. The van der Waals surface area contributed by atoms with Crippen LogP contribution in [0.2, 0.25) is 0 Å². The molecule has 1 atom stereocenters. The van der Waals surface area contributed by atoms with Crippen molar-refractivity contribution in [3.63, 3.8) is 0 Å². The Balaban J connectivity index is 0.000000140. The first-order valence-electron chi connectivity index (χ1n) is 43.9.